The Bertz CT molecular complexity index is 547. The molecule has 0 atom stereocenters. The molecular formula is C15H15NO2. The number of hydrogen-bond donors (Lipinski definition) is 2. The lowest BCUT2D eigenvalue weighted by molar-refractivity contribution is 0.0697. The Balaban J connectivity index is 2.02. The first-order valence-electron chi connectivity index (χ1n) is 5.82. The molecule has 3 N–H and O–H groups in total. The molecule has 3 nitrogen and oxygen atoms in total. The van der Waals surface area contributed by atoms with Crippen molar-refractivity contribution in [1.82, 2.24) is 0 Å². The van der Waals surface area contributed by atoms with Crippen LogP contribution in [0.4, 0.5) is 5.69 Å². The van der Waals surface area contributed by atoms with Gasteiger partial charge in [-0.3, -0.25) is 0 Å². The molecule has 0 aliphatic rings. The molecule has 2 aromatic carbocycles. The Morgan fingerprint density at radius 3 is 2.28 bits per heavy atom. The maximum atomic E-state index is 10.7. The van der Waals surface area contributed by atoms with E-state index in [9.17, 15) is 4.79 Å². The fraction of sp³-hybridized carbons (Fsp3) is 0.133. The zero-order chi connectivity index (χ0) is 13.0. The third-order valence-electron chi connectivity index (χ3n) is 2.94. The summed E-state index contributed by atoms with van der Waals surface area (Å²) in [7, 11) is 0. The van der Waals surface area contributed by atoms with E-state index in [0.717, 1.165) is 29.7 Å². The third kappa shape index (κ3) is 2.88. The number of carbonyl (C=O) groups is 1. The monoisotopic (exact) mass is 241 g/mol. The van der Waals surface area contributed by atoms with Gasteiger partial charge < -0.3 is 10.8 Å². The highest BCUT2D eigenvalue weighted by molar-refractivity contribution is 5.87. The number of carboxylic acids is 1. The number of rotatable bonds is 4. The van der Waals surface area contributed by atoms with E-state index >= 15 is 0 Å². The number of carboxylic acid groups (broad SMARTS) is 1. The molecule has 92 valence electrons. The van der Waals surface area contributed by atoms with Crippen LogP contribution in [0, 0.1) is 0 Å². The van der Waals surface area contributed by atoms with Crippen LogP contribution in [0.2, 0.25) is 0 Å². The van der Waals surface area contributed by atoms with Crippen molar-refractivity contribution >= 4 is 11.7 Å². The predicted molar refractivity (Wildman–Crippen MR) is 71.7 cm³/mol. The molecule has 0 aliphatic carbocycles. The van der Waals surface area contributed by atoms with Crippen LogP contribution in [0.1, 0.15) is 21.5 Å². The first-order chi connectivity index (χ1) is 8.66. The van der Waals surface area contributed by atoms with E-state index in [1.165, 1.54) is 0 Å². The maximum Gasteiger partial charge on any atom is 0.335 e. The summed E-state index contributed by atoms with van der Waals surface area (Å²) >= 11 is 0. The van der Waals surface area contributed by atoms with Crippen LogP contribution in [0.5, 0.6) is 0 Å². The Labute approximate surface area is 106 Å². The summed E-state index contributed by atoms with van der Waals surface area (Å²) in [6.07, 6.45) is 1.72. The summed E-state index contributed by atoms with van der Waals surface area (Å²) < 4.78 is 0. The zero-order valence-electron chi connectivity index (χ0n) is 9.97. The highest BCUT2D eigenvalue weighted by atomic mass is 16.4. The lowest BCUT2D eigenvalue weighted by Crippen LogP contribution is -1.98. The molecule has 0 spiro atoms. The average Bonchev–Trinajstić information content (AvgIpc) is 2.38. The van der Waals surface area contributed by atoms with Gasteiger partial charge in [-0.15, -0.1) is 0 Å². The summed E-state index contributed by atoms with van der Waals surface area (Å²) in [5.74, 6) is -0.895. The third-order valence-corrected chi connectivity index (χ3v) is 2.94. The van der Waals surface area contributed by atoms with Crippen LogP contribution in [0.25, 0.3) is 0 Å². The van der Waals surface area contributed by atoms with Gasteiger partial charge in [-0.25, -0.2) is 4.79 Å². The molecule has 0 bridgehead atoms. The molecule has 0 aromatic heterocycles. The van der Waals surface area contributed by atoms with E-state index in [0.29, 0.717) is 5.56 Å². The van der Waals surface area contributed by atoms with Gasteiger partial charge in [0.1, 0.15) is 0 Å². The normalized spacial score (nSPS) is 10.2. The van der Waals surface area contributed by atoms with Crippen molar-refractivity contribution in [1.29, 1.82) is 0 Å². The van der Waals surface area contributed by atoms with Crippen LogP contribution in [0.3, 0.4) is 0 Å². The smallest absolute Gasteiger partial charge is 0.335 e. The van der Waals surface area contributed by atoms with Crippen LogP contribution >= 0.6 is 0 Å². The summed E-state index contributed by atoms with van der Waals surface area (Å²) in [5, 5.41) is 8.80. The minimum atomic E-state index is -0.895. The molecule has 0 radical (unpaired) electrons. The van der Waals surface area contributed by atoms with Crippen LogP contribution in [-0.2, 0) is 12.8 Å². The SMILES string of the molecule is Nc1ccccc1CCc1ccc(C(=O)O)cc1. The van der Waals surface area contributed by atoms with Crippen LogP contribution in [-0.4, -0.2) is 11.1 Å². The zero-order valence-corrected chi connectivity index (χ0v) is 9.97. The minimum Gasteiger partial charge on any atom is -0.478 e. The van der Waals surface area contributed by atoms with E-state index in [2.05, 4.69) is 0 Å². The molecule has 2 aromatic rings. The second-order valence-corrected chi connectivity index (χ2v) is 4.20. The quantitative estimate of drug-likeness (QED) is 0.809. The topological polar surface area (TPSA) is 63.3 Å². The van der Waals surface area contributed by atoms with E-state index in [-0.39, 0.29) is 0 Å². The number of hydrogen-bond acceptors (Lipinski definition) is 2. The molecule has 0 saturated carbocycles. The van der Waals surface area contributed by atoms with Crippen molar-refractivity contribution < 1.29 is 9.90 Å². The summed E-state index contributed by atoms with van der Waals surface area (Å²) in [6, 6.07) is 14.8. The fourth-order valence-corrected chi connectivity index (χ4v) is 1.85. The standard InChI is InChI=1S/C15H15NO2/c16-14-4-2-1-3-12(14)8-5-11-6-9-13(10-7-11)15(17)18/h1-4,6-7,9-10H,5,8,16H2,(H,17,18). The van der Waals surface area contributed by atoms with Gasteiger partial charge in [0.2, 0.25) is 0 Å². The van der Waals surface area contributed by atoms with Gasteiger partial charge in [0.15, 0.2) is 0 Å². The van der Waals surface area contributed by atoms with Crippen molar-refractivity contribution in [3.8, 4) is 0 Å². The van der Waals surface area contributed by atoms with Gasteiger partial charge in [-0.05, 0) is 42.2 Å². The molecule has 0 heterocycles. The van der Waals surface area contributed by atoms with E-state index in [4.69, 9.17) is 10.8 Å². The first-order valence-corrected chi connectivity index (χ1v) is 5.82. The lowest BCUT2D eigenvalue weighted by atomic mass is 10.0. The van der Waals surface area contributed by atoms with Crippen LogP contribution < -0.4 is 5.73 Å². The van der Waals surface area contributed by atoms with Crippen molar-refractivity contribution in [2.75, 3.05) is 5.73 Å². The summed E-state index contributed by atoms with van der Waals surface area (Å²) in [4.78, 5) is 10.7. The largest absolute Gasteiger partial charge is 0.478 e. The molecule has 0 aliphatic heterocycles. The first kappa shape index (κ1) is 12.2. The number of aromatic carboxylic acids is 1. The van der Waals surface area contributed by atoms with Crippen molar-refractivity contribution in [2.24, 2.45) is 0 Å². The maximum absolute atomic E-state index is 10.7. The second-order valence-electron chi connectivity index (χ2n) is 4.20. The molecule has 0 amide bonds. The molecule has 0 fully saturated rings. The highest BCUT2D eigenvalue weighted by Crippen LogP contribution is 2.14. The molecular weight excluding hydrogens is 226 g/mol. The number of nitrogen functional groups attached to an aromatic ring is 1. The van der Waals surface area contributed by atoms with E-state index in [1.54, 1.807) is 12.1 Å². The Morgan fingerprint density at radius 2 is 1.67 bits per heavy atom. The van der Waals surface area contributed by atoms with Crippen molar-refractivity contribution in [3.05, 3.63) is 65.2 Å². The highest BCUT2D eigenvalue weighted by Gasteiger charge is 2.03. The number of nitrogens with two attached hydrogens (primary N) is 1. The van der Waals surface area contributed by atoms with Gasteiger partial charge in [0.25, 0.3) is 0 Å². The minimum absolute atomic E-state index is 0.318. The van der Waals surface area contributed by atoms with Crippen molar-refractivity contribution in [3.63, 3.8) is 0 Å². The van der Waals surface area contributed by atoms with Gasteiger partial charge >= 0.3 is 5.97 Å². The van der Waals surface area contributed by atoms with Gasteiger partial charge in [-0.1, -0.05) is 30.3 Å². The summed E-state index contributed by atoms with van der Waals surface area (Å²) in [5.41, 5.74) is 9.23. The predicted octanol–water partition coefficient (Wildman–Crippen LogP) is 2.75. The molecule has 0 saturated heterocycles. The lowest BCUT2D eigenvalue weighted by Gasteiger charge is -2.05. The van der Waals surface area contributed by atoms with E-state index in [1.807, 2.05) is 36.4 Å². The van der Waals surface area contributed by atoms with Gasteiger partial charge in [0.05, 0.1) is 5.56 Å². The molecule has 18 heavy (non-hydrogen) atoms. The number of anilines is 1. The van der Waals surface area contributed by atoms with Crippen LogP contribution in [0.15, 0.2) is 48.5 Å². The average molecular weight is 241 g/mol. The number of para-hydroxylation sites is 1. The number of benzene rings is 2. The van der Waals surface area contributed by atoms with Crippen molar-refractivity contribution in [2.45, 2.75) is 12.8 Å². The molecule has 2 rings (SSSR count). The molecule has 0 unspecified atom stereocenters. The van der Waals surface area contributed by atoms with Gasteiger partial charge in [0, 0.05) is 5.69 Å². The van der Waals surface area contributed by atoms with E-state index < -0.39 is 5.97 Å². The summed E-state index contributed by atoms with van der Waals surface area (Å²) in [6.45, 7) is 0. The Morgan fingerprint density at radius 1 is 1.00 bits per heavy atom. The Hall–Kier alpha value is -2.29. The van der Waals surface area contributed by atoms with Gasteiger partial charge in [-0.2, -0.15) is 0 Å². The molecule has 3 heteroatoms. The number of aryl methyl sites for hydroxylation is 2. The Kier molecular flexibility index (Phi) is 3.63. The second kappa shape index (κ2) is 5.36. The fourth-order valence-electron chi connectivity index (χ4n) is 1.85.